The molecule has 1 atom stereocenters. The Morgan fingerprint density at radius 2 is 1.77 bits per heavy atom. The van der Waals surface area contributed by atoms with Gasteiger partial charge < -0.3 is 9.84 Å². The number of Topliss-reactive ketones (excluding diaryl/α,β-unsaturated/α-hetero) is 2. The maximum Gasteiger partial charge on any atom is 0.313 e. The van der Waals surface area contributed by atoms with Gasteiger partial charge in [-0.05, 0) is 49.1 Å². The minimum atomic E-state index is -1.20. The zero-order valence-corrected chi connectivity index (χ0v) is 19.6. The Hall–Kier alpha value is -3.45. The van der Waals surface area contributed by atoms with Gasteiger partial charge in [0.05, 0.1) is 30.3 Å². The molecule has 1 aliphatic rings. The van der Waals surface area contributed by atoms with E-state index in [4.69, 9.17) is 9.72 Å². The van der Waals surface area contributed by atoms with Crippen LogP contribution in [0.4, 0.5) is 4.39 Å². The molecule has 35 heavy (non-hydrogen) atoms. The third-order valence-electron chi connectivity index (χ3n) is 6.38. The number of aliphatic hydroxyl groups excluding tert-OH is 1. The minimum Gasteiger partial charge on any atom is -0.466 e. The first-order chi connectivity index (χ1) is 16.9. The zero-order chi connectivity index (χ0) is 24.9. The quantitative estimate of drug-likeness (QED) is 0.318. The van der Waals surface area contributed by atoms with Crippen LogP contribution in [0, 0.1) is 5.82 Å². The van der Waals surface area contributed by atoms with Crippen molar-refractivity contribution in [1.82, 2.24) is 4.98 Å². The smallest absolute Gasteiger partial charge is 0.313 e. The van der Waals surface area contributed by atoms with Crippen LogP contribution in [0.2, 0.25) is 0 Å². The van der Waals surface area contributed by atoms with Crippen LogP contribution in [0.3, 0.4) is 0 Å². The SMILES string of the molecule is CCOC(=O)CC(=O)CC(=O)CC(O)c1c(C2CCC2)nc2ccccc2c1-c1ccc(F)cc1. The molecule has 0 bridgehead atoms. The van der Waals surface area contributed by atoms with Crippen molar-refractivity contribution < 1.29 is 28.6 Å². The molecular formula is C28H28FNO5. The number of ketones is 2. The summed E-state index contributed by atoms with van der Waals surface area (Å²) in [5, 5.41) is 12.1. The zero-order valence-electron chi connectivity index (χ0n) is 19.6. The van der Waals surface area contributed by atoms with Gasteiger partial charge >= 0.3 is 5.97 Å². The van der Waals surface area contributed by atoms with Gasteiger partial charge in [-0.25, -0.2) is 4.39 Å². The highest BCUT2D eigenvalue weighted by Gasteiger charge is 2.31. The Morgan fingerprint density at radius 1 is 1.06 bits per heavy atom. The number of pyridine rings is 1. The van der Waals surface area contributed by atoms with E-state index in [1.807, 2.05) is 24.3 Å². The molecule has 1 unspecified atom stereocenters. The van der Waals surface area contributed by atoms with Crippen molar-refractivity contribution in [3.05, 3.63) is 65.6 Å². The predicted octanol–water partition coefficient (Wildman–Crippen LogP) is 5.21. The molecule has 0 radical (unpaired) electrons. The van der Waals surface area contributed by atoms with E-state index in [1.165, 1.54) is 12.1 Å². The molecule has 3 aromatic rings. The Labute approximate surface area is 203 Å². The lowest BCUT2D eigenvalue weighted by Crippen LogP contribution is -2.19. The van der Waals surface area contributed by atoms with Crippen molar-refractivity contribution in [3.63, 3.8) is 0 Å². The van der Waals surface area contributed by atoms with Crippen LogP contribution in [-0.2, 0) is 19.1 Å². The van der Waals surface area contributed by atoms with Crippen molar-refractivity contribution in [2.45, 2.75) is 57.5 Å². The lowest BCUT2D eigenvalue weighted by Gasteiger charge is -2.30. The van der Waals surface area contributed by atoms with Gasteiger partial charge in [0.25, 0.3) is 0 Å². The number of para-hydroxylation sites is 1. The Morgan fingerprint density at radius 3 is 2.43 bits per heavy atom. The van der Waals surface area contributed by atoms with E-state index in [0.717, 1.165) is 41.4 Å². The number of ether oxygens (including phenoxy) is 1. The normalized spacial score (nSPS) is 14.4. The van der Waals surface area contributed by atoms with Crippen LogP contribution in [0.25, 0.3) is 22.0 Å². The molecule has 1 N–H and O–H groups in total. The average Bonchev–Trinajstić information content (AvgIpc) is 2.77. The molecule has 0 aliphatic heterocycles. The maximum atomic E-state index is 13.7. The second kappa shape index (κ2) is 10.9. The van der Waals surface area contributed by atoms with E-state index in [9.17, 15) is 23.9 Å². The number of rotatable bonds is 10. The van der Waals surface area contributed by atoms with Gasteiger partial charge in [-0.1, -0.05) is 36.8 Å². The van der Waals surface area contributed by atoms with Crippen molar-refractivity contribution in [1.29, 1.82) is 0 Å². The summed E-state index contributed by atoms with van der Waals surface area (Å²) in [6.45, 7) is 1.80. The fourth-order valence-corrected chi connectivity index (χ4v) is 4.55. The number of carbonyl (C=O) groups excluding carboxylic acids is 3. The van der Waals surface area contributed by atoms with Crippen molar-refractivity contribution in [2.24, 2.45) is 0 Å². The monoisotopic (exact) mass is 477 g/mol. The first-order valence-electron chi connectivity index (χ1n) is 11.9. The maximum absolute atomic E-state index is 13.7. The molecule has 1 aromatic heterocycles. The lowest BCUT2D eigenvalue weighted by atomic mass is 9.77. The second-order valence-electron chi connectivity index (χ2n) is 8.89. The summed E-state index contributed by atoms with van der Waals surface area (Å²) in [6.07, 6.45) is 0.498. The summed E-state index contributed by atoms with van der Waals surface area (Å²) in [5.41, 5.74) is 3.49. The summed E-state index contributed by atoms with van der Waals surface area (Å²) in [4.78, 5) is 41.3. The molecule has 182 valence electrons. The number of carbonyl (C=O) groups is 3. The first kappa shape index (κ1) is 24.7. The van der Waals surface area contributed by atoms with E-state index in [1.54, 1.807) is 19.1 Å². The molecule has 7 heteroatoms. The molecular weight excluding hydrogens is 449 g/mol. The van der Waals surface area contributed by atoms with Crippen LogP contribution in [0.15, 0.2) is 48.5 Å². The molecule has 6 nitrogen and oxygen atoms in total. The molecule has 1 heterocycles. The topological polar surface area (TPSA) is 93.6 Å². The highest BCUT2D eigenvalue weighted by atomic mass is 19.1. The van der Waals surface area contributed by atoms with Crippen LogP contribution in [0.5, 0.6) is 0 Å². The van der Waals surface area contributed by atoms with Crippen molar-refractivity contribution in [2.75, 3.05) is 6.61 Å². The molecule has 1 aliphatic carbocycles. The first-order valence-corrected chi connectivity index (χ1v) is 11.9. The third-order valence-corrected chi connectivity index (χ3v) is 6.38. The van der Waals surface area contributed by atoms with Gasteiger partial charge in [0.1, 0.15) is 18.0 Å². The van der Waals surface area contributed by atoms with E-state index in [2.05, 4.69) is 0 Å². The number of aromatic nitrogens is 1. The summed E-state index contributed by atoms with van der Waals surface area (Å²) >= 11 is 0. The fraction of sp³-hybridized carbons (Fsp3) is 0.357. The Bertz CT molecular complexity index is 1250. The van der Waals surface area contributed by atoms with Crippen LogP contribution in [0.1, 0.15) is 68.7 Å². The highest BCUT2D eigenvalue weighted by Crippen LogP contribution is 2.45. The van der Waals surface area contributed by atoms with Crippen molar-refractivity contribution in [3.8, 4) is 11.1 Å². The standard InChI is InChI=1S/C28H28FNO5/c1-2-35-25(34)16-21(32)14-20(31)15-24(33)27-26(17-10-12-19(29)13-11-17)22-8-3-4-9-23(22)30-28(27)18-6-5-7-18/h3-4,8-13,18,24,33H,2,5-7,14-16H2,1H3. The van der Waals surface area contributed by atoms with E-state index in [0.29, 0.717) is 11.1 Å². The van der Waals surface area contributed by atoms with E-state index in [-0.39, 0.29) is 24.8 Å². The number of esters is 1. The molecule has 0 spiro atoms. The van der Waals surface area contributed by atoms with Gasteiger partial charge in [0.2, 0.25) is 0 Å². The predicted molar refractivity (Wildman–Crippen MR) is 129 cm³/mol. The highest BCUT2D eigenvalue weighted by molar-refractivity contribution is 6.06. The van der Waals surface area contributed by atoms with Crippen LogP contribution >= 0.6 is 0 Å². The molecule has 4 rings (SSSR count). The molecule has 2 aromatic carbocycles. The third kappa shape index (κ3) is 5.62. The van der Waals surface area contributed by atoms with Gasteiger partial charge in [0, 0.05) is 23.3 Å². The minimum absolute atomic E-state index is 0.156. The number of benzene rings is 2. The van der Waals surface area contributed by atoms with Gasteiger partial charge in [0.15, 0.2) is 5.78 Å². The van der Waals surface area contributed by atoms with Gasteiger partial charge in [-0.2, -0.15) is 0 Å². The molecule has 1 fully saturated rings. The largest absolute Gasteiger partial charge is 0.466 e. The number of aliphatic hydroxyl groups is 1. The lowest BCUT2D eigenvalue weighted by molar-refractivity contribution is -0.145. The van der Waals surface area contributed by atoms with E-state index < -0.39 is 36.5 Å². The van der Waals surface area contributed by atoms with Crippen LogP contribution < -0.4 is 0 Å². The number of hydrogen-bond acceptors (Lipinski definition) is 6. The van der Waals surface area contributed by atoms with Gasteiger partial charge in [-0.15, -0.1) is 0 Å². The van der Waals surface area contributed by atoms with E-state index >= 15 is 0 Å². The number of fused-ring (bicyclic) bond motifs is 1. The number of halogens is 1. The summed E-state index contributed by atoms with van der Waals surface area (Å²) in [6, 6.07) is 13.6. The average molecular weight is 478 g/mol. The van der Waals surface area contributed by atoms with Crippen molar-refractivity contribution >= 4 is 28.4 Å². The number of nitrogens with zero attached hydrogens (tertiary/aromatic N) is 1. The molecule has 0 saturated heterocycles. The number of hydrogen-bond donors (Lipinski definition) is 1. The summed E-state index contributed by atoms with van der Waals surface area (Å²) < 4.78 is 18.5. The Kier molecular flexibility index (Phi) is 7.66. The summed E-state index contributed by atoms with van der Waals surface area (Å²) in [7, 11) is 0. The van der Waals surface area contributed by atoms with Gasteiger partial charge in [-0.3, -0.25) is 19.4 Å². The fourth-order valence-electron chi connectivity index (χ4n) is 4.55. The second-order valence-corrected chi connectivity index (χ2v) is 8.89. The molecule has 0 amide bonds. The Balaban J connectivity index is 1.71. The summed E-state index contributed by atoms with van der Waals surface area (Å²) in [5.74, 6) is -1.90. The molecule has 1 saturated carbocycles. The van der Waals surface area contributed by atoms with Crippen LogP contribution in [-0.4, -0.2) is 34.2 Å².